The van der Waals surface area contributed by atoms with Gasteiger partial charge in [0, 0.05) is 35.4 Å². The molecule has 1 fully saturated rings. The Balaban J connectivity index is 1.24. The summed E-state index contributed by atoms with van der Waals surface area (Å²) in [7, 11) is 0. The molecule has 198 valence electrons. The second-order valence-corrected chi connectivity index (χ2v) is 14.0. The van der Waals surface area contributed by atoms with Crippen molar-refractivity contribution in [3.05, 3.63) is 69.8 Å². The second kappa shape index (κ2) is 9.68. The number of H-pyrrole nitrogens is 1. The first kappa shape index (κ1) is 25.9. The van der Waals surface area contributed by atoms with Crippen LogP contribution in [0.15, 0.2) is 48.7 Å². The van der Waals surface area contributed by atoms with Crippen molar-refractivity contribution in [3.63, 3.8) is 0 Å². The van der Waals surface area contributed by atoms with Crippen LogP contribution in [0, 0.1) is 5.41 Å². The van der Waals surface area contributed by atoms with Gasteiger partial charge in [0.25, 0.3) is 0 Å². The molecule has 1 saturated heterocycles. The molecule has 0 bridgehead atoms. The lowest BCUT2D eigenvalue weighted by atomic mass is 9.73. The number of halogens is 2. The van der Waals surface area contributed by atoms with Crippen LogP contribution in [0.1, 0.15) is 50.8 Å². The number of rotatable bonds is 4. The molecule has 4 aromatic rings. The summed E-state index contributed by atoms with van der Waals surface area (Å²) in [5.74, 6) is 1.28. The molecule has 1 unspecified atom stereocenters. The van der Waals surface area contributed by atoms with Gasteiger partial charge in [-0.25, -0.2) is 9.97 Å². The molecule has 38 heavy (non-hydrogen) atoms. The molecule has 10 heteroatoms. The molecule has 0 amide bonds. The van der Waals surface area contributed by atoms with Crippen LogP contribution < -0.4 is 9.62 Å². The van der Waals surface area contributed by atoms with Crippen LogP contribution in [-0.4, -0.2) is 42.3 Å². The van der Waals surface area contributed by atoms with E-state index in [9.17, 15) is 4.55 Å². The minimum absolute atomic E-state index is 0.00797. The van der Waals surface area contributed by atoms with Gasteiger partial charge < -0.3 is 14.4 Å². The summed E-state index contributed by atoms with van der Waals surface area (Å²) in [6.07, 6.45) is 4.66. The number of hydrogen-bond donors (Lipinski definition) is 2. The van der Waals surface area contributed by atoms with Crippen LogP contribution in [0.4, 0.5) is 5.95 Å². The first-order valence-electron chi connectivity index (χ1n) is 12.8. The van der Waals surface area contributed by atoms with Crippen LogP contribution in [-0.2, 0) is 17.8 Å². The van der Waals surface area contributed by atoms with Gasteiger partial charge in [-0.15, -0.1) is 4.72 Å². The smallest absolute Gasteiger partial charge is 0.227 e. The SMILES string of the molecule is CC(C)(C)[S+]([O-])N[C@@H]1c2ccccc2CC12CCN(c1ncc3[nH]c(-c4cccc(Cl)c4Cl)nc3n1)CC2. The fraction of sp³-hybridized carbons (Fsp3) is 0.393. The Morgan fingerprint density at radius 2 is 1.84 bits per heavy atom. The molecule has 0 radical (unpaired) electrons. The second-order valence-electron chi connectivity index (χ2n) is 11.3. The van der Waals surface area contributed by atoms with Gasteiger partial charge in [0.2, 0.25) is 5.95 Å². The fourth-order valence-corrected chi connectivity index (χ4v) is 6.98. The number of aromatic nitrogens is 4. The number of nitrogens with one attached hydrogen (secondary N) is 2. The zero-order chi connectivity index (χ0) is 26.7. The molecule has 1 spiro atoms. The summed E-state index contributed by atoms with van der Waals surface area (Å²) in [4.78, 5) is 19.6. The zero-order valence-electron chi connectivity index (χ0n) is 21.6. The normalized spacial score (nSPS) is 19.7. The van der Waals surface area contributed by atoms with Gasteiger partial charge in [-0.2, -0.15) is 4.98 Å². The lowest BCUT2D eigenvalue weighted by molar-refractivity contribution is 0.175. The maximum absolute atomic E-state index is 13.2. The Morgan fingerprint density at radius 1 is 1.08 bits per heavy atom. The molecule has 6 rings (SSSR count). The van der Waals surface area contributed by atoms with Gasteiger partial charge in [-0.05, 0) is 63.3 Å². The summed E-state index contributed by atoms with van der Waals surface area (Å²) in [5, 5.41) is 0.933. The van der Waals surface area contributed by atoms with Crippen molar-refractivity contribution in [1.29, 1.82) is 0 Å². The first-order valence-corrected chi connectivity index (χ1v) is 14.7. The number of benzene rings is 2. The molecule has 2 aliphatic rings. The van der Waals surface area contributed by atoms with E-state index in [1.807, 2.05) is 32.9 Å². The number of piperidine rings is 1. The number of imidazole rings is 1. The van der Waals surface area contributed by atoms with E-state index in [0.29, 0.717) is 27.5 Å². The maximum Gasteiger partial charge on any atom is 0.227 e. The Hall–Kier alpha value is -2.36. The summed E-state index contributed by atoms with van der Waals surface area (Å²) in [5.41, 5.74) is 4.70. The molecule has 2 atom stereocenters. The van der Waals surface area contributed by atoms with Gasteiger partial charge in [0.05, 0.1) is 22.3 Å². The van der Waals surface area contributed by atoms with Crippen molar-refractivity contribution in [2.75, 3.05) is 18.0 Å². The predicted molar refractivity (Wildman–Crippen MR) is 155 cm³/mol. The summed E-state index contributed by atoms with van der Waals surface area (Å²) in [6, 6.07) is 14.1. The number of anilines is 1. The highest BCUT2D eigenvalue weighted by atomic mass is 35.5. The topological polar surface area (TPSA) is 92.8 Å². The lowest BCUT2D eigenvalue weighted by Gasteiger charge is -2.43. The Labute approximate surface area is 235 Å². The van der Waals surface area contributed by atoms with Crippen molar-refractivity contribution in [2.24, 2.45) is 5.41 Å². The lowest BCUT2D eigenvalue weighted by Crippen LogP contribution is -2.50. The quantitative estimate of drug-likeness (QED) is 0.282. The van der Waals surface area contributed by atoms with Crippen molar-refractivity contribution >= 4 is 51.7 Å². The largest absolute Gasteiger partial charge is 0.598 e. The Kier molecular flexibility index (Phi) is 6.60. The molecule has 2 aromatic heterocycles. The summed E-state index contributed by atoms with van der Waals surface area (Å²) < 4.78 is 16.4. The minimum Gasteiger partial charge on any atom is -0.598 e. The number of fused-ring (bicyclic) bond motifs is 2. The molecule has 2 N–H and O–H groups in total. The number of nitrogens with zero attached hydrogens (tertiary/aromatic N) is 4. The van der Waals surface area contributed by atoms with E-state index in [2.05, 4.69) is 48.8 Å². The molecule has 7 nitrogen and oxygen atoms in total. The number of hydrogen-bond acceptors (Lipinski definition) is 6. The monoisotopic (exact) mass is 568 g/mol. The first-order chi connectivity index (χ1) is 18.1. The van der Waals surface area contributed by atoms with E-state index in [4.69, 9.17) is 28.2 Å². The van der Waals surface area contributed by atoms with E-state index in [0.717, 1.165) is 43.4 Å². The third-order valence-electron chi connectivity index (χ3n) is 7.78. The summed E-state index contributed by atoms with van der Waals surface area (Å²) in [6.45, 7) is 7.68. The van der Waals surface area contributed by atoms with Crippen molar-refractivity contribution < 1.29 is 4.55 Å². The van der Waals surface area contributed by atoms with Crippen LogP contribution in [0.25, 0.3) is 22.6 Å². The highest BCUT2D eigenvalue weighted by Crippen LogP contribution is 2.52. The third kappa shape index (κ3) is 4.56. The van der Waals surface area contributed by atoms with Gasteiger partial charge in [0.1, 0.15) is 16.1 Å². The summed E-state index contributed by atoms with van der Waals surface area (Å²) >= 11 is 11.5. The molecule has 2 aromatic carbocycles. The van der Waals surface area contributed by atoms with E-state index >= 15 is 0 Å². The van der Waals surface area contributed by atoms with E-state index in [1.165, 1.54) is 11.1 Å². The van der Waals surface area contributed by atoms with Crippen molar-refractivity contribution in [3.8, 4) is 11.4 Å². The molecule has 0 saturated carbocycles. The highest BCUT2D eigenvalue weighted by Gasteiger charge is 2.50. The fourth-order valence-electron chi connectivity index (χ4n) is 5.64. The van der Waals surface area contributed by atoms with E-state index in [-0.39, 0.29) is 16.2 Å². The third-order valence-corrected chi connectivity index (χ3v) is 10.2. The van der Waals surface area contributed by atoms with Crippen molar-refractivity contribution in [1.82, 2.24) is 24.7 Å². The Morgan fingerprint density at radius 3 is 2.61 bits per heavy atom. The van der Waals surface area contributed by atoms with Crippen LogP contribution >= 0.6 is 23.2 Å². The average molecular weight is 570 g/mol. The highest BCUT2D eigenvalue weighted by molar-refractivity contribution is 7.90. The predicted octanol–water partition coefficient (Wildman–Crippen LogP) is 6.26. The van der Waals surface area contributed by atoms with Gasteiger partial charge in [0.15, 0.2) is 5.65 Å². The molecule has 1 aliphatic carbocycles. The molecule has 3 heterocycles. The maximum atomic E-state index is 13.2. The van der Waals surface area contributed by atoms with Crippen LogP contribution in [0.3, 0.4) is 0 Å². The van der Waals surface area contributed by atoms with Gasteiger partial charge in [-0.3, -0.25) is 0 Å². The zero-order valence-corrected chi connectivity index (χ0v) is 23.9. The standard InChI is InChI=1S/C28H30Cl2N6OS/c1-27(2,3)38(37)35-23-18-8-5-4-7-17(18)15-28(23)11-13-36(14-12-28)26-31-16-21-25(34-26)33-24(32-21)19-9-6-10-20(29)22(19)30/h4-10,16,23,35H,11-15H2,1-3H3,(H,31,32,33,34)/t23-,38?/m1/s1. The van der Waals surface area contributed by atoms with Gasteiger partial charge >= 0.3 is 0 Å². The van der Waals surface area contributed by atoms with Gasteiger partial charge in [-0.1, -0.05) is 53.5 Å². The number of aromatic amines is 1. The Bertz CT molecular complexity index is 1490. The molecular formula is C28H30Cl2N6OS. The van der Waals surface area contributed by atoms with Crippen LogP contribution in [0.2, 0.25) is 10.0 Å². The molecule has 1 aliphatic heterocycles. The van der Waals surface area contributed by atoms with E-state index in [1.54, 1.807) is 12.3 Å². The van der Waals surface area contributed by atoms with Crippen molar-refractivity contribution in [2.45, 2.75) is 50.8 Å². The van der Waals surface area contributed by atoms with Crippen LogP contribution in [0.5, 0.6) is 0 Å². The molecular weight excluding hydrogens is 539 g/mol. The van der Waals surface area contributed by atoms with E-state index < -0.39 is 11.4 Å². The minimum atomic E-state index is -1.16. The average Bonchev–Trinajstić information content (AvgIpc) is 3.44.